The maximum absolute atomic E-state index is 13.8. The molecule has 0 heterocycles. The van der Waals surface area contributed by atoms with Gasteiger partial charge in [0.25, 0.3) is 10.0 Å². The topological polar surface area (TPSA) is 86.8 Å². The summed E-state index contributed by atoms with van der Waals surface area (Å²) in [5.41, 5.74) is 1.16. The van der Waals surface area contributed by atoms with Gasteiger partial charge in [-0.25, -0.2) is 8.42 Å². The van der Waals surface area contributed by atoms with Crippen molar-refractivity contribution < 1.29 is 18.0 Å². The first kappa shape index (κ1) is 27.4. The summed E-state index contributed by atoms with van der Waals surface area (Å²) in [5.74, 6) is -0.807. The van der Waals surface area contributed by atoms with E-state index in [2.05, 4.69) is 21.2 Å². The fraction of sp³-hybridized carbons (Fsp3) is 0.259. The van der Waals surface area contributed by atoms with Crippen LogP contribution in [0.1, 0.15) is 26.3 Å². The second-order valence-corrected chi connectivity index (χ2v) is 11.4. The van der Waals surface area contributed by atoms with Gasteiger partial charge in [0.05, 0.1) is 10.6 Å². The Morgan fingerprint density at radius 2 is 1.50 bits per heavy atom. The molecule has 0 aliphatic rings. The highest BCUT2D eigenvalue weighted by Gasteiger charge is 2.32. The van der Waals surface area contributed by atoms with E-state index in [1.807, 2.05) is 44.2 Å². The fourth-order valence-corrected chi connectivity index (χ4v) is 5.46. The van der Waals surface area contributed by atoms with E-state index in [1.165, 1.54) is 17.0 Å². The van der Waals surface area contributed by atoms with Crippen LogP contribution in [0.2, 0.25) is 0 Å². The van der Waals surface area contributed by atoms with Gasteiger partial charge in [0, 0.05) is 17.1 Å². The van der Waals surface area contributed by atoms with Crippen LogP contribution in [0.3, 0.4) is 0 Å². The molecule has 3 rings (SSSR count). The summed E-state index contributed by atoms with van der Waals surface area (Å²) in [6, 6.07) is 23.1. The van der Waals surface area contributed by atoms with Crippen molar-refractivity contribution in [2.24, 2.45) is 0 Å². The molecule has 9 heteroatoms. The molecule has 36 heavy (non-hydrogen) atoms. The molecule has 3 aromatic rings. The van der Waals surface area contributed by atoms with Crippen LogP contribution in [0.15, 0.2) is 94.3 Å². The number of benzene rings is 3. The number of rotatable bonds is 10. The van der Waals surface area contributed by atoms with E-state index in [4.69, 9.17) is 0 Å². The predicted molar refractivity (Wildman–Crippen MR) is 145 cm³/mol. The zero-order chi connectivity index (χ0) is 26.3. The summed E-state index contributed by atoms with van der Waals surface area (Å²) >= 11 is 3.39. The molecule has 1 atom stereocenters. The van der Waals surface area contributed by atoms with Crippen molar-refractivity contribution >= 4 is 43.5 Å². The van der Waals surface area contributed by atoms with Gasteiger partial charge in [-0.15, -0.1) is 0 Å². The zero-order valence-electron chi connectivity index (χ0n) is 20.5. The first-order chi connectivity index (χ1) is 17.1. The van der Waals surface area contributed by atoms with Crippen molar-refractivity contribution in [3.63, 3.8) is 0 Å². The lowest BCUT2D eigenvalue weighted by Crippen LogP contribution is -2.52. The monoisotopic (exact) mass is 571 g/mol. The van der Waals surface area contributed by atoms with Crippen LogP contribution in [0.4, 0.5) is 5.69 Å². The Morgan fingerprint density at radius 3 is 2.08 bits per heavy atom. The Balaban J connectivity index is 2.01. The summed E-state index contributed by atoms with van der Waals surface area (Å²) < 4.78 is 29.1. The minimum atomic E-state index is -4.07. The van der Waals surface area contributed by atoms with Gasteiger partial charge in [-0.05, 0) is 56.7 Å². The van der Waals surface area contributed by atoms with Crippen molar-refractivity contribution in [2.75, 3.05) is 10.8 Å². The Kier molecular flexibility index (Phi) is 9.28. The predicted octanol–water partition coefficient (Wildman–Crippen LogP) is 4.59. The minimum Gasteiger partial charge on any atom is -0.352 e. The van der Waals surface area contributed by atoms with E-state index >= 15 is 0 Å². The highest BCUT2D eigenvalue weighted by atomic mass is 79.9. The van der Waals surface area contributed by atoms with Gasteiger partial charge in [-0.3, -0.25) is 13.9 Å². The number of nitrogens with zero attached hydrogens (tertiary/aromatic N) is 2. The average molecular weight is 573 g/mol. The number of sulfonamides is 1. The fourth-order valence-electron chi connectivity index (χ4n) is 3.65. The summed E-state index contributed by atoms with van der Waals surface area (Å²) in [4.78, 5) is 28.1. The lowest BCUT2D eigenvalue weighted by molar-refractivity contribution is -0.139. The quantitative estimate of drug-likeness (QED) is 0.385. The highest BCUT2D eigenvalue weighted by Crippen LogP contribution is 2.27. The Hall–Kier alpha value is -3.17. The summed E-state index contributed by atoms with van der Waals surface area (Å²) in [6.07, 6.45) is 0. The first-order valence-electron chi connectivity index (χ1n) is 11.6. The SMILES string of the molecule is CC(C)NC(=O)[C@@H](C)N(Cc1ccccc1)C(=O)CN(c1cccc(Br)c1)S(=O)(=O)c1ccccc1. The summed E-state index contributed by atoms with van der Waals surface area (Å²) in [6.45, 7) is 5.02. The lowest BCUT2D eigenvalue weighted by Gasteiger charge is -2.32. The van der Waals surface area contributed by atoms with Gasteiger partial charge in [0.15, 0.2) is 0 Å². The number of halogens is 1. The molecule has 0 saturated carbocycles. The van der Waals surface area contributed by atoms with Crippen molar-refractivity contribution in [1.82, 2.24) is 10.2 Å². The number of carbonyl (C=O) groups is 2. The average Bonchev–Trinajstić information content (AvgIpc) is 2.86. The molecule has 0 radical (unpaired) electrons. The standard InChI is InChI=1S/C27H30BrN3O4S/c1-20(2)29-27(33)21(3)30(18-22-11-6-4-7-12-22)26(32)19-31(24-14-10-13-23(28)17-24)36(34,35)25-15-8-5-9-16-25/h4-17,20-21H,18-19H2,1-3H3,(H,29,33)/t21-/m1/s1. The van der Waals surface area contributed by atoms with Gasteiger partial charge < -0.3 is 10.2 Å². The number of hydrogen-bond acceptors (Lipinski definition) is 4. The zero-order valence-corrected chi connectivity index (χ0v) is 22.9. The van der Waals surface area contributed by atoms with Crippen LogP contribution in [0.25, 0.3) is 0 Å². The molecule has 0 aromatic heterocycles. The molecule has 0 unspecified atom stereocenters. The van der Waals surface area contributed by atoms with E-state index in [0.29, 0.717) is 10.2 Å². The first-order valence-corrected chi connectivity index (χ1v) is 13.8. The van der Waals surface area contributed by atoms with Gasteiger partial charge >= 0.3 is 0 Å². The molecule has 2 amide bonds. The molecule has 3 aromatic carbocycles. The van der Waals surface area contributed by atoms with E-state index in [1.54, 1.807) is 49.4 Å². The number of nitrogens with one attached hydrogen (secondary N) is 1. The van der Waals surface area contributed by atoms with Crippen LogP contribution < -0.4 is 9.62 Å². The largest absolute Gasteiger partial charge is 0.352 e. The van der Waals surface area contributed by atoms with Crippen LogP contribution in [-0.4, -0.2) is 43.8 Å². The number of anilines is 1. The Morgan fingerprint density at radius 1 is 0.889 bits per heavy atom. The number of carbonyl (C=O) groups excluding carboxylic acids is 2. The van der Waals surface area contributed by atoms with E-state index in [0.717, 1.165) is 9.87 Å². The van der Waals surface area contributed by atoms with Crippen molar-refractivity contribution in [3.05, 3.63) is 95.0 Å². The van der Waals surface area contributed by atoms with E-state index in [-0.39, 0.29) is 23.4 Å². The Labute approximate surface area is 221 Å². The molecule has 0 aliphatic carbocycles. The number of amides is 2. The molecular formula is C27H30BrN3O4S. The van der Waals surface area contributed by atoms with Crippen LogP contribution in [0.5, 0.6) is 0 Å². The van der Waals surface area contributed by atoms with E-state index in [9.17, 15) is 18.0 Å². The van der Waals surface area contributed by atoms with Gasteiger partial charge in [0.1, 0.15) is 12.6 Å². The van der Waals surface area contributed by atoms with Crippen LogP contribution >= 0.6 is 15.9 Å². The maximum atomic E-state index is 13.8. The van der Waals surface area contributed by atoms with Crippen molar-refractivity contribution in [1.29, 1.82) is 0 Å². The van der Waals surface area contributed by atoms with Gasteiger partial charge in [-0.2, -0.15) is 0 Å². The molecule has 7 nitrogen and oxygen atoms in total. The highest BCUT2D eigenvalue weighted by molar-refractivity contribution is 9.10. The third-order valence-electron chi connectivity index (χ3n) is 5.50. The minimum absolute atomic E-state index is 0.0676. The Bertz CT molecular complexity index is 1280. The molecule has 0 fully saturated rings. The molecule has 190 valence electrons. The second kappa shape index (κ2) is 12.2. The summed E-state index contributed by atoms with van der Waals surface area (Å²) in [5, 5.41) is 2.84. The van der Waals surface area contributed by atoms with Crippen molar-refractivity contribution in [2.45, 2.75) is 44.3 Å². The third-order valence-corrected chi connectivity index (χ3v) is 7.78. The van der Waals surface area contributed by atoms with Crippen LogP contribution in [-0.2, 0) is 26.2 Å². The van der Waals surface area contributed by atoms with Crippen molar-refractivity contribution in [3.8, 4) is 0 Å². The second-order valence-electron chi connectivity index (χ2n) is 8.65. The molecule has 0 spiro atoms. The number of hydrogen-bond donors (Lipinski definition) is 1. The van der Waals surface area contributed by atoms with Gasteiger partial charge in [0.2, 0.25) is 11.8 Å². The lowest BCUT2D eigenvalue weighted by atomic mass is 10.1. The maximum Gasteiger partial charge on any atom is 0.264 e. The summed E-state index contributed by atoms with van der Waals surface area (Å²) in [7, 11) is -4.07. The smallest absolute Gasteiger partial charge is 0.264 e. The molecule has 0 bridgehead atoms. The van der Waals surface area contributed by atoms with E-state index < -0.39 is 28.5 Å². The molecule has 0 saturated heterocycles. The third kappa shape index (κ3) is 6.95. The molecule has 1 N–H and O–H groups in total. The molecular weight excluding hydrogens is 542 g/mol. The van der Waals surface area contributed by atoms with Gasteiger partial charge in [-0.1, -0.05) is 70.5 Å². The normalized spacial score (nSPS) is 12.1. The van der Waals surface area contributed by atoms with Crippen LogP contribution in [0, 0.1) is 0 Å². The molecule has 0 aliphatic heterocycles.